The van der Waals surface area contributed by atoms with Crippen LogP contribution in [0.25, 0.3) is 0 Å². The molecule has 2 N–H and O–H groups in total. The molecule has 0 fully saturated rings. The average molecular weight is 305 g/mol. The molecule has 0 aliphatic heterocycles. The Morgan fingerprint density at radius 2 is 2.24 bits per heavy atom. The van der Waals surface area contributed by atoms with Crippen LogP contribution in [0.3, 0.4) is 0 Å². The number of thioether (sulfide) groups is 1. The first-order chi connectivity index (χ1) is 10.1. The first kappa shape index (κ1) is 17.6. The third-order valence-electron chi connectivity index (χ3n) is 2.83. The Morgan fingerprint density at radius 1 is 1.48 bits per heavy atom. The minimum absolute atomic E-state index is 0.0334. The highest BCUT2D eigenvalue weighted by Gasteiger charge is 2.13. The second-order valence-electron chi connectivity index (χ2n) is 4.86. The lowest BCUT2D eigenvalue weighted by atomic mass is 10.0. The van der Waals surface area contributed by atoms with Crippen LogP contribution in [-0.2, 0) is 0 Å². The van der Waals surface area contributed by atoms with Gasteiger partial charge in [0.25, 0.3) is 5.91 Å². The number of carbonyl (C=O) groups is 1. The molecular weight excluding hydrogens is 282 g/mol. The maximum atomic E-state index is 12.4. The van der Waals surface area contributed by atoms with Crippen molar-refractivity contribution in [3.63, 3.8) is 0 Å². The molecule has 0 aliphatic rings. The number of rotatable bonds is 6. The van der Waals surface area contributed by atoms with Gasteiger partial charge in [-0.2, -0.15) is 11.8 Å². The molecule has 0 bridgehead atoms. The Balaban J connectivity index is 2.87. The maximum Gasteiger partial charge on any atom is 0.252 e. The van der Waals surface area contributed by atoms with Crippen molar-refractivity contribution in [2.75, 3.05) is 18.1 Å². The van der Waals surface area contributed by atoms with Gasteiger partial charge in [-0.1, -0.05) is 30.4 Å². The van der Waals surface area contributed by atoms with Crippen molar-refractivity contribution < 1.29 is 9.90 Å². The van der Waals surface area contributed by atoms with E-state index in [1.807, 2.05) is 43.8 Å². The summed E-state index contributed by atoms with van der Waals surface area (Å²) in [6.07, 6.45) is 0.415. The summed E-state index contributed by atoms with van der Waals surface area (Å²) in [5.41, 5.74) is 2.35. The maximum absolute atomic E-state index is 12.4. The Morgan fingerprint density at radius 3 is 2.90 bits per heavy atom. The summed E-state index contributed by atoms with van der Waals surface area (Å²) in [6, 6.07) is 5.79. The number of hydrogen-bond acceptors (Lipinski definition) is 3. The Kier molecular flexibility index (Phi) is 7.96. The van der Waals surface area contributed by atoms with E-state index in [0.29, 0.717) is 17.5 Å². The second-order valence-corrected chi connectivity index (χ2v) is 6.18. The van der Waals surface area contributed by atoms with E-state index in [9.17, 15) is 4.79 Å². The molecule has 1 aromatic carbocycles. The Bertz CT molecular complexity index is 531. The predicted octanol–water partition coefficient (Wildman–Crippen LogP) is 2.60. The molecular formula is C17H23NO2S. The molecule has 0 aromatic heterocycles. The van der Waals surface area contributed by atoms with Crippen molar-refractivity contribution in [2.24, 2.45) is 0 Å². The summed E-state index contributed by atoms with van der Waals surface area (Å²) in [7, 11) is 0. The van der Waals surface area contributed by atoms with E-state index in [-0.39, 0.29) is 18.6 Å². The first-order valence-electron chi connectivity index (χ1n) is 7.17. The van der Waals surface area contributed by atoms with Crippen LogP contribution in [0.1, 0.15) is 41.8 Å². The number of aliphatic hydroxyl groups is 1. The highest BCUT2D eigenvalue weighted by atomic mass is 32.2. The molecule has 1 rings (SSSR count). The van der Waals surface area contributed by atoms with Crippen LogP contribution >= 0.6 is 11.8 Å². The van der Waals surface area contributed by atoms with E-state index in [0.717, 1.165) is 17.1 Å². The van der Waals surface area contributed by atoms with Crippen molar-refractivity contribution in [1.29, 1.82) is 0 Å². The van der Waals surface area contributed by atoms with Gasteiger partial charge >= 0.3 is 0 Å². The van der Waals surface area contributed by atoms with Gasteiger partial charge in [0.2, 0.25) is 0 Å². The van der Waals surface area contributed by atoms with Crippen LogP contribution in [0.2, 0.25) is 0 Å². The number of carbonyl (C=O) groups excluding carboxylic acids is 1. The zero-order chi connectivity index (χ0) is 15.7. The van der Waals surface area contributed by atoms with Crippen molar-refractivity contribution in [3.8, 4) is 11.8 Å². The molecule has 1 atom stereocenters. The van der Waals surface area contributed by atoms with E-state index >= 15 is 0 Å². The molecule has 0 spiro atoms. The number of aryl methyl sites for hydroxylation is 1. The lowest BCUT2D eigenvalue weighted by Crippen LogP contribution is -2.34. The van der Waals surface area contributed by atoms with Gasteiger partial charge in [0.15, 0.2) is 0 Å². The highest BCUT2D eigenvalue weighted by Crippen LogP contribution is 2.12. The lowest BCUT2D eigenvalue weighted by Gasteiger charge is -2.14. The van der Waals surface area contributed by atoms with E-state index in [1.54, 1.807) is 0 Å². The number of amides is 1. The minimum Gasteiger partial charge on any atom is -0.395 e. The normalized spacial score (nSPS) is 11.4. The molecule has 4 heteroatoms. The number of hydrogen-bond donors (Lipinski definition) is 2. The van der Waals surface area contributed by atoms with Gasteiger partial charge in [0.05, 0.1) is 12.2 Å². The molecule has 0 saturated heterocycles. The number of benzene rings is 1. The quantitative estimate of drug-likeness (QED) is 0.794. The largest absolute Gasteiger partial charge is 0.395 e. The zero-order valence-electron chi connectivity index (χ0n) is 12.9. The van der Waals surface area contributed by atoms with E-state index in [2.05, 4.69) is 24.1 Å². The van der Waals surface area contributed by atoms with E-state index in [4.69, 9.17) is 5.11 Å². The van der Waals surface area contributed by atoms with E-state index in [1.165, 1.54) is 0 Å². The summed E-state index contributed by atoms with van der Waals surface area (Å²) in [5.74, 6) is 7.69. The Hall–Kier alpha value is -1.44. The molecule has 0 heterocycles. The monoisotopic (exact) mass is 305 g/mol. The topological polar surface area (TPSA) is 49.3 Å². The van der Waals surface area contributed by atoms with Crippen LogP contribution in [0.4, 0.5) is 0 Å². The molecule has 1 amide bonds. The van der Waals surface area contributed by atoms with Gasteiger partial charge in [0.1, 0.15) is 0 Å². The van der Waals surface area contributed by atoms with Crippen LogP contribution in [0.15, 0.2) is 18.2 Å². The van der Waals surface area contributed by atoms with Gasteiger partial charge < -0.3 is 10.4 Å². The van der Waals surface area contributed by atoms with Gasteiger partial charge in [0, 0.05) is 23.8 Å². The zero-order valence-corrected chi connectivity index (χ0v) is 13.7. The van der Waals surface area contributed by atoms with Crippen LogP contribution in [-0.4, -0.2) is 35.2 Å². The predicted molar refractivity (Wildman–Crippen MR) is 89.7 cm³/mol. The molecule has 1 unspecified atom stereocenters. The van der Waals surface area contributed by atoms with E-state index < -0.39 is 0 Å². The average Bonchev–Trinajstić information content (AvgIpc) is 2.46. The number of aliphatic hydroxyl groups excluding tert-OH is 1. The molecule has 0 radical (unpaired) electrons. The molecule has 3 nitrogen and oxygen atoms in total. The van der Waals surface area contributed by atoms with Gasteiger partial charge in [-0.05, 0) is 31.7 Å². The first-order valence-corrected chi connectivity index (χ1v) is 8.33. The summed E-state index contributed by atoms with van der Waals surface area (Å²) >= 11 is 1.81. The molecule has 21 heavy (non-hydrogen) atoms. The third kappa shape index (κ3) is 6.24. The summed E-state index contributed by atoms with van der Waals surface area (Å²) < 4.78 is 0. The molecule has 114 valence electrons. The Labute approximate surface area is 131 Å². The third-order valence-corrected chi connectivity index (χ3v) is 3.97. The van der Waals surface area contributed by atoms with Gasteiger partial charge in [-0.15, -0.1) is 0 Å². The van der Waals surface area contributed by atoms with Gasteiger partial charge in [-0.3, -0.25) is 4.79 Å². The number of nitrogens with one attached hydrogen (secondary N) is 1. The van der Waals surface area contributed by atoms with Crippen LogP contribution in [0.5, 0.6) is 0 Å². The van der Waals surface area contributed by atoms with Crippen molar-refractivity contribution >= 4 is 17.7 Å². The van der Waals surface area contributed by atoms with Crippen molar-refractivity contribution in [2.45, 2.75) is 33.2 Å². The SMILES string of the molecule is CCSCC(C)NC(=O)c1cc(C)ccc1C#CCCO. The fraction of sp³-hybridized carbons (Fsp3) is 0.471. The summed E-state index contributed by atoms with van der Waals surface area (Å²) in [6.45, 7) is 6.10. The second kappa shape index (κ2) is 9.49. The van der Waals surface area contributed by atoms with Gasteiger partial charge in [-0.25, -0.2) is 0 Å². The molecule has 0 aliphatic carbocycles. The summed E-state index contributed by atoms with van der Waals surface area (Å²) in [5, 5.41) is 11.8. The standard InChI is InChI=1S/C17H23NO2S/c1-4-21-12-14(3)18-17(20)16-11-13(2)8-9-15(16)7-5-6-10-19/h8-9,11,14,19H,4,6,10,12H2,1-3H3,(H,18,20). The van der Waals surface area contributed by atoms with Crippen molar-refractivity contribution in [3.05, 3.63) is 34.9 Å². The smallest absolute Gasteiger partial charge is 0.252 e. The summed E-state index contributed by atoms with van der Waals surface area (Å²) in [4.78, 5) is 12.4. The molecule has 1 aromatic rings. The fourth-order valence-electron chi connectivity index (χ4n) is 1.81. The minimum atomic E-state index is -0.0869. The van der Waals surface area contributed by atoms with Crippen molar-refractivity contribution in [1.82, 2.24) is 5.32 Å². The van der Waals surface area contributed by atoms with Crippen LogP contribution < -0.4 is 5.32 Å². The lowest BCUT2D eigenvalue weighted by molar-refractivity contribution is 0.0943. The highest BCUT2D eigenvalue weighted by molar-refractivity contribution is 7.99. The molecule has 0 saturated carbocycles. The fourth-order valence-corrected chi connectivity index (χ4v) is 2.48. The van der Waals surface area contributed by atoms with Crippen LogP contribution in [0, 0.1) is 18.8 Å².